The van der Waals surface area contributed by atoms with Crippen LogP contribution in [0.4, 0.5) is 11.4 Å². The number of halogens is 2. The number of carbonyl (C=O) groups excluding carboxylic acids is 4. The molecule has 7 atom stereocenters. The van der Waals surface area contributed by atoms with Gasteiger partial charge in [-0.2, -0.15) is 0 Å². The van der Waals surface area contributed by atoms with Gasteiger partial charge in [0.2, 0.25) is 23.6 Å². The molecule has 0 radical (unpaired) electrons. The number of anilines is 2. The summed E-state index contributed by atoms with van der Waals surface area (Å²) in [7, 11) is 0. The third kappa shape index (κ3) is 3.54. The Labute approximate surface area is 259 Å². The number of rotatable bonds is 3. The number of benzene rings is 3. The van der Waals surface area contributed by atoms with E-state index in [9.17, 15) is 19.2 Å². The SMILES string of the molecule is O=C1C2CC(c3ccccc3)=C3C4C=CC(C5C(=O)N(c6ccc(Br)cc6)C(=O)C45)C3C2C(=O)N1c1ccc(Br)cc1. The van der Waals surface area contributed by atoms with Crippen molar-refractivity contribution < 1.29 is 19.2 Å². The minimum atomic E-state index is -0.591. The molecular formula is C34H24Br2N2O4. The minimum absolute atomic E-state index is 0.197. The molecule has 3 aromatic carbocycles. The lowest BCUT2D eigenvalue weighted by atomic mass is 9.49. The van der Waals surface area contributed by atoms with Crippen molar-refractivity contribution in [3.05, 3.63) is 111 Å². The summed E-state index contributed by atoms with van der Waals surface area (Å²) in [6, 6.07) is 24.4. The van der Waals surface area contributed by atoms with Gasteiger partial charge in [0.15, 0.2) is 0 Å². The van der Waals surface area contributed by atoms with Crippen molar-refractivity contribution >= 4 is 72.4 Å². The van der Waals surface area contributed by atoms with Gasteiger partial charge in [0.05, 0.1) is 35.0 Å². The summed E-state index contributed by atoms with van der Waals surface area (Å²) in [6.45, 7) is 0. The highest BCUT2D eigenvalue weighted by Crippen LogP contribution is 2.63. The number of imide groups is 2. The van der Waals surface area contributed by atoms with Gasteiger partial charge in [0.1, 0.15) is 0 Å². The Kier molecular flexibility index (Phi) is 5.86. The normalized spacial score (nSPS) is 31.1. The maximum atomic E-state index is 14.2. The fraction of sp³-hybridized carbons (Fsp3) is 0.235. The van der Waals surface area contributed by atoms with Gasteiger partial charge in [0.25, 0.3) is 0 Å². The van der Waals surface area contributed by atoms with Crippen LogP contribution >= 0.6 is 31.9 Å². The largest absolute Gasteiger partial charge is 0.274 e. The second-order valence-corrected chi connectivity index (χ2v) is 13.5. The van der Waals surface area contributed by atoms with Crippen LogP contribution in [0, 0.1) is 41.4 Å². The molecule has 42 heavy (non-hydrogen) atoms. The molecule has 2 heterocycles. The highest BCUT2D eigenvalue weighted by Gasteiger charge is 2.67. The van der Waals surface area contributed by atoms with E-state index < -0.39 is 23.7 Å². The van der Waals surface area contributed by atoms with Gasteiger partial charge in [-0.05, 0) is 72.0 Å². The minimum Gasteiger partial charge on any atom is -0.274 e. The molecule has 0 N–H and O–H groups in total. The van der Waals surface area contributed by atoms with Crippen molar-refractivity contribution in [1.29, 1.82) is 0 Å². The van der Waals surface area contributed by atoms with Crippen molar-refractivity contribution in [3.63, 3.8) is 0 Å². The van der Waals surface area contributed by atoms with Crippen molar-refractivity contribution in [2.45, 2.75) is 6.42 Å². The highest BCUT2D eigenvalue weighted by atomic mass is 79.9. The highest BCUT2D eigenvalue weighted by molar-refractivity contribution is 9.10. The molecule has 7 unspecified atom stereocenters. The molecular weight excluding hydrogens is 660 g/mol. The van der Waals surface area contributed by atoms with Crippen LogP contribution < -0.4 is 9.80 Å². The van der Waals surface area contributed by atoms with Crippen LogP contribution in [-0.4, -0.2) is 23.6 Å². The van der Waals surface area contributed by atoms with Crippen molar-refractivity contribution in [3.8, 4) is 0 Å². The zero-order chi connectivity index (χ0) is 28.9. The Hall–Kier alpha value is -3.62. The Morgan fingerprint density at radius 3 is 1.74 bits per heavy atom. The maximum absolute atomic E-state index is 14.2. The topological polar surface area (TPSA) is 74.8 Å². The lowest BCUT2D eigenvalue weighted by Gasteiger charge is -2.51. The molecule has 2 bridgehead atoms. The summed E-state index contributed by atoms with van der Waals surface area (Å²) in [5.41, 5.74) is 4.17. The van der Waals surface area contributed by atoms with E-state index >= 15 is 0 Å². The van der Waals surface area contributed by atoms with Crippen molar-refractivity contribution in [1.82, 2.24) is 0 Å². The Morgan fingerprint density at radius 2 is 1.12 bits per heavy atom. The number of fused-ring (bicyclic) bond motifs is 1. The first-order chi connectivity index (χ1) is 20.3. The van der Waals surface area contributed by atoms with Gasteiger partial charge in [-0.25, -0.2) is 0 Å². The molecule has 0 aromatic heterocycles. The number of allylic oxidation sites excluding steroid dienone is 4. The summed E-state index contributed by atoms with van der Waals surface area (Å²) in [6.07, 6.45) is 4.54. The molecule has 8 heteroatoms. The molecule has 3 fully saturated rings. The lowest BCUT2D eigenvalue weighted by molar-refractivity contribution is -0.129. The Morgan fingerprint density at radius 1 is 0.571 bits per heavy atom. The molecule has 4 aliphatic carbocycles. The summed E-state index contributed by atoms with van der Waals surface area (Å²) in [4.78, 5) is 59.1. The first-order valence-corrected chi connectivity index (χ1v) is 15.7. The lowest BCUT2D eigenvalue weighted by Crippen LogP contribution is -2.51. The van der Waals surface area contributed by atoms with Gasteiger partial charge in [0, 0.05) is 20.8 Å². The van der Waals surface area contributed by atoms with Crippen LogP contribution in [0.2, 0.25) is 0 Å². The van der Waals surface area contributed by atoms with Crippen molar-refractivity contribution in [2.24, 2.45) is 41.4 Å². The zero-order valence-electron chi connectivity index (χ0n) is 22.2. The third-order valence-electron chi connectivity index (χ3n) is 9.80. The monoisotopic (exact) mass is 682 g/mol. The molecule has 4 amide bonds. The second-order valence-electron chi connectivity index (χ2n) is 11.7. The molecule has 6 aliphatic rings. The van der Waals surface area contributed by atoms with E-state index in [4.69, 9.17) is 0 Å². The first-order valence-electron chi connectivity index (χ1n) is 14.1. The Bertz CT molecular complexity index is 1750. The fourth-order valence-corrected chi connectivity index (χ4v) is 8.73. The van der Waals surface area contributed by atoms with Gasteiger partial charge in [-0.15, -0.1) is 0 Å². The van der Waals surface area contributed by atoms with Crippen LogP contribution in [-0.2, 0) is 19.2 Å². The number of hydrogen-bond donors (Lipinski definition) is 0. The third-order valence-corrected chi connectivity index (χ3v) is 10.9. The predicted octanol–water partition coefficient (Wildman–Crippen LogP) is 6.41. The molecule has 6 nitrogen and oxygen atoms in total. The van der Waals surface area contributed by atoms with Gasteiger partial charge in [-0.3, -0.25) is 29.0 Å². The molecule has 2 aliphatic heterocycles. The number of nitrogens with zero attached hydrogens (tertiary/aromatic N) is 2. The zero-order valence-corrected chi connectivity index (χ0v) is 25.4. The van der Waals surface area contributed by atoms with E-state index in [2.05, 4.69) is 37.9 Å². The standard InChI is InChI=1S/C34H24Br2N2O4/c35-18-6-10-20(11-7-18)37-31(39)25-16-24(17-4-2-1-3-5-17)26-22-14-15-23(27(26)30(25)34(37)42)29-28(22)32(40)38(33(29)41)21-12-8-19(36)9-13-21/h1-15,22-23,25,27-30H,16H2. The molecule has 0 spiro atoms. The quantitative estimate of drug-likeness (QED) is 0.236. The summed E-state index contributed by atoms with van der Waals surface area (Å²) in [5.74, 6) is -4.10. The van der Waals surface area contributed by atoms with Gasteiger partial charge >= 0.3 is 0 Å². The number of amides is 4. The smallest absolute Gasteiger partial charge is 0.238 e. The Balaban J connectivity index is 1.28. The fourth-order valence-electron chi connectivity index (χ4n) is 8.21. The van der Waals surface area contributed by atoms with Crippen LogP contribution in [0.3, 0.4) is 0 Å². The first kappa shape index (κ1) is 26.0. The summed E-state index contributed by atoms with van der Waals surface area (Å²) in [5, 5.41) is 0. The average Bonchev–Trinajstić information content (AvgIpc) is 3.43. The van der Waals surface area contributed by atoms with Gasteiger partial charge in [-0.1, -0.05) is 79.9 Å². The van der Waals surface area contributed by atoms with Crippen molar-refractivity contribution in [2.75, 3.05) is 9.80 Å². The molecule has 9 rings (SSSR count). The van der Waals surface area contributed by atoms with Gasteiger partial charge < -0.3 is 0 Å². The maximum Gasteiger partial charge on any atom is 0.238 e. The van der Waals surface area contributed by atoms with E-state index in [-0.39, 0.29) is 41.4 Å². The number of hydrogen-bond acceptors (Lipinski definition) is 4. The molecule has 1 saturated carbocycles. The van der Waals surface area contributed by atoms with Crippen LogP contribution in [0.15, 0.2) is 106 Å². The average molecular weight is 684 g/mol. The van der Waals surface area contributed by atoms with Crippen LogP contribution in [0.25, 0.3) is 5.57 Å². The molecule has 3 aromatic rings. The number of carbonyl (C=O) groups is 4. The van der Waals surface area contributed by atoms with E-state index in [1.54, 1.807) is 24.3 Å². The van der Waals surface area contributed by atoms with E-state index in [0.29, 0.717) is 17.8 Å². The molecule has 2 saturated heterocycles. The second kappa shape index (κ2) is 9.44. The summed E-state index contributed by atoms with van der Waals surface area (Å²) >= 11 is 6.88. The molecule has 208 valence electrons. The predicted molar refractivity (Wildman–Crippen MR) is 165 cm³/mol. The summed E-state index contributed by atoms with van der Waals surface area (Å²) < 4.78 is 1.72. The van der Waals surface area contributed by atoms with Crippen LogP contribution in [0.5, 0.6) is 0 Å². The van der Waals surface area contributed by atoms with E-state index in [1.165, 1.54) is 9.80 Å². The van der Waals surface area contributed by atoms with E-state index in [0.717, 1.165) is 25.7 Å². The van der Waals surface area contributed by atoms with E-state index in [1.807, 2.05) is 60.7 Å². The van der Waals surface area contributed by atoms with Crippen LogP contribution in [0.1, 0.15) is 12.0 Å².